The summed E-state index contributed by atoms with van der Waals surface area (Å²) in [5.41, 5.74) is 0.322. The van der Waals surface area contributed by atoms with Gasteiger partial charge in [0, 0.05) is 16.9 Å². The number of para-hydroxylation sites is 1. The minimum atomic E-state index is -3.83. The van der Waals surface area contributed by atoms with Gasteiger partial charge in [0.2, 0.25) is 5.28 Å². The molecule has 0 atom stereocenters. The Labute approximate surface area is 113 Å². The van der Waals surface area contributed by atoms with Gasteiger partial charge in [-0.15, -0.1) is 0 Å². The number of benzene rings is 1. The highest BCUT2D eigenvalue weighted by Crippen LogP contribution is 2.26. The first-order valence-electron chi connectivity index (χ1n) is 4.76. The molecule has 0 aliphatic heterocycles. The number of aromatic nitrogens is 2. The van der Waals surface area contributed by atoms with Crippen molar-refractivity contribution in [2.45, 2.75) is 4.90 Å². The first-order chi connectivity index (χ1) is 8.47. The van der Waals surface area contributed by atoms with Crippen molar-refractivity contribution in [3.63, 3.8) is 0 Å². The van der Waals surface area contributed by atoms with E-state index in [1.807, 2.05) is 0 Å². The second kappa shape index (κ2) is 5.09. The molecule has 1 aromatic carbocycles. The average Bonchev–Trinajstić information content (AvgIpc) is 2.28. The molecule has 0 saturated carbocycles. The van der Waals surface area contributed by atoms with E-state index in [1.54, 1.807) is 24.3 Å². The maximum atomic E-state index is 11.4. The van der Waals surface area contributed by atoms with Gasteiger partial charge in [-0.1, -0.05) is 12.1 Å². The molecule has 94 valence electrons. The summed E-state index contributed by atoms with van der Waals surface area (Å²) in [6, 6.07) is 7.78. The number of nitrogens with one attached hydrogen (secondary N) is 1. The largest absolute Gasteiger partial charge is 0.339 e. The molecule has 0 amide bonds. The van der Waals surface area contributed by atoms with E-state index in [0.717, 1.165) is 0 Å². The molecule has 0 unspecified atom stereocenters. The molecule has 8 heteroatoms. The van der Waals surface area contributed by atoms with E-state index in [1.165, 1.54) is 12.3 Å². The van der Waals surface area contributed by atoms with Crippen LogP contribution in [0.2, 0.25) is 5.28 Å². The van der Waals surface area contributed by atoms with Crippen LogP contribution < -0.4 is 5.32 Å². The van der Waals surface area contributed by atoms with Crippen LogP contribution in [0.25, 0.3) is 0 Å². The van der Waals surface area contributed by atoms with Crippen LogP contribution in [0.5, 0.6) is 0 Å². The van der Waals surface area contributed by atoms with Crippen LogP contribution in [-0.2, 0) is 9.05 Å². The zero-order valence-electron chi connectivity index (χ0n) is 8.84. The lowest BCUT2D eigenvalue weighted by molar-refractivity contribution is 0.610. The molecular formula is C10H7Cl2N3O2S. The van der Waals surface area contributed by atoms with Crippen LogP contribution in [0.1, 0.15) is 0 Å². The Balaban J connectivity index is 2.41. The van der Waals surface area contributed by atoms with Crippen LogP contribution in [0.4, 0.5) is 11.5 Å². The molecule has 0 bridgehead atoms. The fourth-order valence-corrected chi connectivity index (χ4v) is 2.50. The molecule has 0 fully saturated rings. The number of halogens is 2. The fourth-order valence-electron chi connectivity index (χ4n) is 1.33. The maximum Gasteiger partial charge on any atom is 0.263 e. The topological polar surface area (TPSA) is 72.0 Å². The maximum absolute atomic E-state index is 11.4. The predicted molar refractivity (Wildman–Crippen MR) is 69.8 cm³/mol. The normalized spacial score (nSPS) is 11.2. The molecule has 0 spiro atoms. The summed E-state index contributed by atoms with van der Waals surface area (Å²) in [6.07, 6.45) is 1.45. The van der Waals surface area contributed by atoms with Crippen LogP contribution in [0.3, 0.4) is 0 Å². The third-order valence-corrected chi connectivity index (χ3v) is 3.60. The first-order valence-corrected chi connectivity index (χ1v) is 7.45. The molecule has 2 rings (SSSR count). The summed E-state index contributed by atoms with van der Waals surface area (Å²) in [7, 11) is 1.50. The van der Waals surface area contributed by atoms with Crippen LogP contribution in [0, 0.1) is 0 Å². The predicted octanol–water partition coefficient (Wildman–Crippen LogP) is 2.80. The third kappa shape index (κ3) is 3.10. The number of hydrogen-bond donors (Lipinski definition) is 1. The lowest BCUT2D eigenvalue weighted by Gasteiger charge is -2.08. The average molecular weight is 304 g/mol. The van der Waals surface area contributed by atoms with Crippen LogP contribution in [-0.4, -0.2) is 18.4 Å². The van der Waals surface area contributed by atoms with Gasteiger partial charge < -0.3 is 5.32 Å². The van der Waals surface area contributed by atoms with E-state index in [9.17, 15) is 8.42 Å². The van der Waals surface area contributed by atoms with Crippen molar-refractivity contribution in [2.24, 2.45) is 0 Å². The quantitative estimate of drug-likeness (QED) is 0.697. The lowest BCUT2D eigenvalue weighted by atomic mass is 10.3. The lowest BCUT2D eigenvalue weighted by Crippen LogP contribution is -2.00. The molecule has 1 heterocycles. The van der Waals surface area contributed by atoms with Crippen molar-refractivity contribution in [3.8, 4) is 0 Å². The van der Waals surface area contributed by atoms with Crippen molar-refractivity contribution in [1.82, 2.24) is 9.97 Å². The highest BCUT2D eigenvalue weighted by molar-refractivity contribution is 8.13. The highest BCUT2D eigenvalue weighted by atomic mass is 35.7. The van der Waals surface area contributed by atoms with Gasteiger partial charge in [-0.25, -0.2) is 18.4 Å². The van der Waals surface area contributed by atoms with Crippen LogP contribution >= 0.6 is 22.3 Å². The van der Waals surface area contributed by atoms with Gasteiger partial charge in [0.25, 0.3) is 9.05 Å². The number of rotatable bonds is 3. The Morgan fingerprint density at radius 3 is 2.56 bits per heavy atom. The molecule has 0 radical (unpaired) electrons. The molecule has 1 aromatic heterocycles. The van der Waals surface area contributed by atoms with Crippen molar-refractivity contribution < 1.29 is 8.42 Å². The van der Waals surface area contributed by atoms with Crippen LogP contribution in [0.15, 0.2) is 41.4 Å². The van der Waals surface area contributed by atoms with Crippen molar-refractivity contribution in [2.75, 3.05) is 5.32 Å². The Bertz CT molecular complexity index is 676. The zero-order valence-corrected chi connectivity index (χ0v) is 11.2. The van der Waals surface area contributed by atoms with Crippen molar-refractivity contribution >= 4 is 42.8 Å². The summed E-state index contributed by atoms with van der Waals surface area (Å²) < 4.78 is 22.8. The third-order valence-electron chi connectivity index (χ3n) is 2.04. The molecule has 0 aliphatic rings. The van der Waals surface area contributed by atoms with Gasteiger partial charge in [0.15, 0.2) is 0 Å². The Morgan fingerprint density at radius 1 is 1.17 bits per heavy atom. The number of nitrogens with zero attached hydrogens (tertiary/aromatic N) is 2. The Morgan fingerprint density at radius 2 is 1.89 bits per heavy atom. The van der Waals surface area contributed by atoms with Crippen molar-refractivity contribution in [3.05, 3.63) is 41.8 Å². The minimum Gasteiger partial charge on any atom is -0.339 e. The zero-order chi connectivity index (χ0) is 13.2. The van der Waals surface area contributed by atoms with E-state index >= 15 is 0 Å². The first kappa shape index (κ1) is 13.1. The van der Waals surface area contributed by atoms with Gasteiger partial charge in [0.05, 0.1) is 5.69 Å². The Kier molecular flexibility index (Phi) is 3.70. The van der Waals surface area contributed by atoms with Crippen molar-refractivity contribution in [1.29, 1.82) is 0 Å². The SMILES string of the molecule is O=S(=O)(Cl)c1ccccc1Nc1ccnc(Cl)n1. The molecule has 0 aliphatic carbocycles. The summed E-state index contributed by atoms with van der Waals surface area (Å²) in [6.45, 7) is 0. The summed E-state index contributed by atoms with van der Waals surface area (Å²) in [5, 5.41) is 2.88. The van der Waals surface area contributed by atoms with E-state index < -0.39 is 9.05 Å². The monoisotopic (exact) mass is 303 g/mol. The minimum absolute atomic E-state index is 0.0265. The number of anilines is 2. The summed E-state index contributed by atoms with van der Waals surface area (Å²) in [5.74, 6) is 0.378. The highest BCUT2D eigenvalue weighted by Gasteiger charge is 2.15. The molecule has 2 aromatic rings. The standard InChI is InChI=1S/C10H7Cl2N3O2S/c11-10-13-6-5-9(15-10)14-7-3-1-2-4-8(7)18(12,16)17/h1-6H,(H,13,14,15). The van der Waals surface area contributed by atoms with Gasteiger partial charge in [-0.2, -0.15) is 0 Å². The van der Waals surface area contributed by atoms with Gasteiger partial charge >= 0.3 is 0 Å². The Hall–Kier alpha value is -1.37. The molecule has 1 N–H and O–H groups in total. The second-order valence-corrected chi connectivity index (χ2v) is 6.14. The fraction of sp³-hybridized carbons (Fsp3) is 0. The molecule has 0 saturated heterocycles. The van der Waals surface area contributed by atoms with Gasteiger partial charge in [0.1, 0.15) is 10.7 Å². The second-order valence-electron chi connectivity index (χ2n) is 3.27. The molecular weight excluding hydrogens is 297 g/mol. The van der Waals surface area contributed by atoms with E-state index in [0.29, 0.717) is 11.5 Å². The smallest absolute Gasteiger partial charge is 0.263 e. The van der Waals surface area contributed by atoms with E-state index in [-0.39, 0.29) is 10.2 Å². The molecule has 18 heavy (non-hydrogen) atoms. The van der Waals surface area contributed by atoms with Gasteiger partial charge in [-0.3, -0.25) is 0 Å². The van der Waals surface area contributed by atoms with Gasteiger partial charge in [-0.05, 0) is 29.8 Å². The summed E-state index contributed by atoms with van der Waals surface area (Å²) >= 11 is 5.63. The number of hydrogen-bond acceptors (Lipinski definition) is 5. The van der Waals surface area contributed by atoms with E-state index in [2.05, 4.69) is 15.3 Å². The molecule has 5 nitrogen and oxygen atoms in total. The summed E-state index contributed by atoms with van der Waals surface area (Å²) in [4.78, 5) is 7.59. The van der Waals surface area contributed by atoms with E-state index in [4.69, 9.17) is 22.3 Å².